The molecule has 27 heavy (non-hydrogen) atoms. The predicted molar refractivity (Wildman–Crippen MR) is 110 cm³/mol. The lowest BCUT2D eigenvalue weighted by molar-refractivity contribution is -0.137. The number of amides is 1. The molecule has 2 fully saturated rings. The lowest BCUT2D eigenvalue weighted by Crippen LogP contribution is -2.47. The summed E-state index contributed by atoms with van der Waals surface area (Å²) in [5, 5.41) is 6.41. The standard InChI is InChI=1S/C20H29N5OS/c1-21-8-4-15-5-10-24(11-6-15)20(26)16-3-2-9-25(13-16)18-17-7-12-27-19(17)23-14-22-18/h7,12,14-16,21H,2-6,8-11,13H2,1H3. The minimum Gasteiger partial charge on any atom is -0.355 e. The normalized spacial score (nSPS) is 21.7. The fraction of sp³-hybridized carbons (Fsp3) is 0.650. The number of fused-ring (bicyclic) bond motifs is 1. The molecule has 7 heteroatoms. The average molecular weight is 388 g/mol. The number of carbonyl (C=O) groups is 1. The van der Waals surface area contributed by atoms with Gasteiger partial charge in [-0.05, 0) is 63.1 Å². The van der Waals surface area contributed by atoms with Gasteiger partial charge in [0.05, 0.1) is 11.3 Å². The highest BCUT2D eigenvalue weighted by Crippen LogP contribution is 2.31. The second-order valence-electron chi connectivity index (χ2n) is 7.78. The van der Waals surface area contributed by atoms with Crippen molar-refractivity contribution in [2.24, 2.45) is 11.8 Å². The second kappa shape index (κ2) is 8.52. The summed E-state index contributed by atoms with van der Waals surface area (Å²) in [4.78, 5) is 27.4. The van der Waals surface area contributed by atoms with Gasteiger partial charge in [-0.2, -0.15) is 0 Å². The molecule has 0 spiro atoms. The Morgan fingerprint density at radius 3 is 2.93 bits per heavy atom. The summed E-state index contributed by atoms with van der Waals surface area (Å²) in [6.07, 6.45) is 7.20. The molecule has 2 aromatic heterocycles. The Kier molecular flexibility index (Phi) is 5.88. The molecule has 0 aliphatic carbocycles. The molecule has 2 aliphatic rings. The van der Waals surface area contributed by atoms with E-state index in [2.05, 4.69) is 36.5 Å². The zero-order chi connectivity index (χ0) is 18.6. The lowest BCUT2D eigenvalue weighted by Gasteiger charge is -2.38. The molecule has 4 rings (SSSR count). The first-order valence-corrected chi connectivity index (χ1v) is 11.0. The first-order chi connectivity index (χ1) is 13.3. The third kappa shape index (κ3) is 4.09. The number of likely N-dealkylation sites (tertiary alicyclic amines) is 1. The number of anilines is 1. The summed E-state index contributed by atoms with van der Waals surface area (Å²) < 4.78 is 0. The number of rotatable bonds is 5. The van der Waals surface area contributed by atoms with Gasteiger partial charge >= 0.3 is 0 Å². The fourth-order valence-corrected chi connectivity index (χ4v) is 5.18. The minimum absolute atomic E-state index is 0.0938. The van der Waals surface area contributed by atoms with E-state index < -0.39 is 0 Å². The Balaban J connectivity index is 1.38. The number of nitrogens with zero attached hydrogens (tertiary/aromatic N) is 4. The van der Waals surface area contributed by atoms with Gasteiger partial charge in [0.1, 0.15) is 17.0 Å². The highest BCUT2D eigenvalue weighted by atomic mass is 32.1. The quantitative estimate of drug-likeness (QED) is 0.855. The second-order valence-corrected chi connectivity index (χ2v) is 8.68. The number of hydrogen-bond acceptors (Lipinski definition) is 6. The highest BCUT2D eigenvalue weighted by Gasteiger charge is 2.32. The third-order valence-electron chi connectivity index (χ3n) is 6.04. The van der Waals surface area contributed by atoms with Crippen LogP contribution in [0, 0.1) is 11.8 Å². The maximum absolute atomic E-state index is 13.1. The molecule has 1 atom stereocenters. The molecule has 1 unspecified atom stereocenters. The summed E-state index contributed by atoms with van der Waals surface area (Å²) in [7, 11) is 2.01. The van der Waals surface area contributed by atoms with Crippen molar-refractivity contribution in [3.05, 3.63) is 17.8 Å². The van der Waals surface area contributed by atoms with E-state index in [0.29, 0.717) is 5.91 Å². The smallest absolute Gasteiger partial charge is 0.227 e. The van der Waals surface area contributed by atoms with Gasteiger partial charge in [0.25, 0.3) is 0 Å². The molecule has 6 nitrogen and oxygen atoms in total. The van der Waals surface area contributed by atoms with Crippen LogP contribution in [0.15, 0.2) is 17.8 Å². The van der Waals surface area contributed by atoms with E-state index in [0.717, 1.165) is 80.4 Å². The van der Waals surface area contributed by atoms with Gasteiger partial charge in [-0.25, -0.2) is 9.97 Å². The van der Waals surface area contributed by atoms with Crippen molar-refractivity contribution < 1.29 is 4.79 Å². The molecular weight excluding hydrogens is 358 g/mol. The lowest BCUT2D eigenvalue weighted by atomic mass is 9.91. The van der Waals surface area contributed by atoms with E-state index in [1.165, 1.54) is 6.42 Å². The topological polar surface area (TPSA) is 61.4 Å². The van der Waals surface area contributed by atoms with E-state index in [1.807, 2.05) is 7.05 Å². The summed E-state index contributed by atoms with van der Waals surface area (Å²) in [6.45, 7) is 4.67. The Morgan fingerprint density at radius 1 is 1.26 bits per heavy atom. The molecule has 1 N–H and O–H groups in total. The number of thiophene rings is 1. The van der Waals surface area contributed by atoms with Crippen LogP contribution >= 0.6 is 11.3 Å². The van der Waals surface area contributed by atoms with Crippen LogP contribution in [0.5, 0.6) is 0 Å². The zero-order valence-electron chi connectivity index (χ0n) is 16.1. The average Bonchev–Trinajstić information content (AvgIpc) is 3.21. The SMILES string of the molecule is CNCCC1CCN(C(=O)C2CCCN(c3ncnc4sccc34)C2)CC1. The number of carbonyl (C=O) groups excluding carboxylic acids is 1. The van der Waals surface area contributed by atoms with E-state index in [4.69, 9.17) is 0 Å². The van der Waals surface area contributed by atoms with Crippen LogP contribution in [-0.4, -0.2) is 60.5 Å². The molecule has 2 aliphatic heterocycles. The Morgan fingerprint density at radius 2 is 2.11 bits per heavy atom. The predicted octanol–water partition coefficient (Wildman–Crippen LogP) is 2.76. The van der Waals surface area contributed by atoms with Gasteiger partial charge in [-0.3, -0.25) is 4.79 Å². The molecule has 0 radical (unpaired) electrons. The van der Waals surface area contributed by atoms with Crippen LogP contribution in [-0.2, 0) is 4.79 Å². The van der Waals surface area contributed by atoms with Crippen molar-refractivity contribution in [3.63, 3.8) is 0 Å². The number of aromatic nitrogens is 2. The first kappa shape index (κ1) is 18.6. The van der Waals surface area contributed by atoms with Gasteiger partial charge in [0.2, 0.25) is 5.91 Å². The van der Waals surface area contributed by atoms with Crippen molar-refractivity contribution in [3.8, 4) is 0 Å². The summed E-state index contributed by atoms with van der Waals surface area (Å²) >= 11 is 1.64. The first-order valence-electron chi connectivity index (χ1n) is 10.1. The number of hydrogen-bond donors (Lipinski definition) is 1. The van der Waals surface area contributed by atoms with Crippen LogP contribution < -0.4 is 10.2 Å². The number of piperidine rings is 2. The molecule has 4 heterocycles. The van der Waals surface area contributed by atoms with Crippen LogP contribution in [0.1, 0.15) is 32.1 Å². The van der Waals surface area contributed by atoms with Crippen LogP contribution in [0.4, 0.5) is 5.82 Å². The van der Waals surface area contributed by atoms with Gasteiger partial charge in [-0.1, -0.05) is 0 Å². The van der Waals surface area contributed by atoms with Crippen molar-refractivity contribution >= 4 is 33.3 Å². The molecule has 2 saturated heterocycles. The summed E-state index contributed by atoms with van der Waals surface area (Å²) in [6, 6.07) is 2.09. The largest absolute Gasteiger partial charge is 0.355 e. The third-order valence-corrected chi connectivity index (χ3v) is 6.86. The molecule has 0 saturated carbocycles. The van der Waals surface area contributed by atoms with Gasteiger partial charge in [0.15, 0.2) is 0 Å². The molecule has 0 aromatic carbocycles. The highest BCUT2D eigenvalue weighted by molar-refractivity contribution is 7.16. The van der Waals surface area contributed by atoms with Crippen molar-refractivity contribution in [2.75, 3.05) is 44.7 Å². The summed E-state index contributed by atoms with van der Waals surface area (Å²) in [5.74, 6) is 2.19. The summed E-state index contributed by atoms with van der Waals surface area (Å²) in [5.41, 5.74) is 0. The van der Waals surface area contributed by atoms with E-state index in [1.54, 1.807) is 17.7 Å². The molecule has 146 valence electrons. The van der Waals surface area contributed by atoms with Gasteiger partial charge in [0, 0.05) is 26.2 Å². The molecule has 0 bridgehead atoms. The minimum atomic E-state index is 0.0938. The van der Waals surface area contributed by atoms with Crippen LogP contribution in [0.2, 0.25) is 0 Å². The maximum atomic E-state index is 13.1. The van der Waals surface area contributed by atoms with Crippen LogP contribution in [0.25, 0.3) is 10.2 Å². The van der Waals surface area contributed by atoms with E-state index >= 15 is 0 Å². The van der Waals surface area contributed by atoms with E-state index in [-0.39, 0.29) is 5.92 Å². The zero-order valence-corrected chi connectivity index (χ0v) is 16.9. The van der Waals surface area contributed by atoms with Crippen molar-refractivity contribution in [2.45, 2.75) is 32.1 Å². The molecule has 2 aromatic rings. The maximum Gasteiger partial charge on any atom is 0.227 e. The van der Waals surface area contributed by atoms with Gasteiger partial charge < -0.3 is 15.1 Å². The molecule has 1 amide bonds. The van der Waals surface area contributed by atoms with Crippen molar-refractivity contribution in [1.82, 2.24) is 20.2 Å². The number of nitrogens with one attached hydrogen (secondary N) is 1. The monoisotopic (exact) mass is 387 g/mol. The Labute approximate surface area is 165 Å². The van der Waals surface area contributed by atoms with Gasteiger partial charge in [-0.15, -0.1) is 11.3 Å². The van der Waals surface area contributed by atoms with Crippen molar-refractivity contribution in [1.29, 1.82) is 0 Å². The Bertz CT molecular complexity index is 771. The Hall–Kier alpha value is -1.73. The van der Waals surface area contributed by atoms with Crippen LogP contribution in [0.3, 0.4) is 0 Å². The van der Waals surface area contributed by atoms with E-state index in [9.17, 15) is 4.79 Å². The fourth-order valence-electron chi connectivity index (χ4n) is 4.45. The molecular formula is C20H29N5OS.